The zero-order valence-corrected chi connectivity index (χ0v) is 14.6. The highest BCUT2D eigenvalue weighted by Crippen LogP contribution is 2.41. The lowest BCUT2D eigenvalue weighted by atomic mass is 9.75. The number of imidazole rings is 1. The Morgan fingerprint density at radius 1 is 1.50 bits per heavy atom. The van der Waals surface area contributed by atoms with Gasteiger partial charge in [-0.05, 0) is 31.2 Å². The van der Waals surface area contributed by atoms with Crippen LogP contribution < -0.4 is 10.6 Å². The van der Waals surface area contributed by atoms with Gasteiger partial charge in [-0.3, -0.25) is 0 Å². The van der Waals surface area contributed by atoms with E-state index in [1.807, 2.05) is 17.7 Å². The molecule has 6 heteroatoms. The molecule has 0 fully saturated rings. The molecule has 0 aliphatic heterocycles. The first-order chi connectivity index (χ1) is 11.4. The monoisotopic (exact) mass is 330 g/mol. The summed E-state index contributed by atoms with van der Waals surface area (Å²) < 4.78 is 7.82. The lowest BCUT2D eigenvalue weighted by Crippen LogP contribution is -2.41. The first-order valence-electron chi connectivity index (χ1n) is 8.52. The maximum Gasteiger partial charge on any atom is 0.315 e. The first kappa shape index (κ1) is 16.6. The number of carbonyl (C=O) groups excluding carboxylic acids is 1. The highest BCUT2D eigenvalue weighted by molar-refractivity contribution is 5.74. The average Bonchev–Trinajstić information content (AvgIpc) is 3.11. The van der Waals surface area contributed by atoms with Crippen LogP contribution in [0, 0.1) is 12.3 Å². The van der Waals surface area contributed by atoms with Crippen LogP contribution in [0.5, 0.6) is 0 Å². The molecule has 1 aliphatic carbocycles. The van der Waals surface area contributed by atoms with Crippen LogP contribution in [0.15, 0.2) is 29.2 Å². The second-order valence-corrected chi connectivity index (χ2v) is 7.39. The third-order valence-corrected chi connectivity index (χ3v) is 4.48. The van der Waals surface area contributed by atoms with E-state index in [0.29, 0.717) is 6.54 Å². The minimum absolute atomic E-state index is 0.00912. The molecule has 0 aromatic carbocycles. The molecule has 0 unspecified atom stereocenters. The predicted octanol–water partition coefficient (Wildman–Crippen LogP) is 3.19. The van der Waals surface area contributed by atoms with Gasteiger partial charge in [-0.1, -0.05) is 13.8 Å². The molecule has 130 valence electrons. The Labute approximate surface area is 142 Å². The molecular weight excluding hydrogens is 304 g/mol. The smallest absolute Gasteiger partial charge is 0.315 e. The van der Waals surface area contributed by atoms with Crippen molar-refractivity contribution in [2.45, 2.75) is 52.6 Å². The maximum atomic E-state index is 12.2. The normalized spacial score (nSPS) is 18.9. The van der Waals surface area contributed by atoms with Gasteiger partial charge in [0.1, 0.15) is 11.5 Å². The SMILES string of the molecule is Cc1cc2c(o1)CC(C)(C)C[C@@H]2NC(=O)NCCCn1ccnc1. The van der Waals surface area contributed by atoms with E-state index in [0.717, 1.165) is 42.9 Å². The Bertz CT molecular complexity index is 688. The number of hydrogen-bond donors (Lipinski definition) is 2. The van der Waals surface area contributed by atoms with Gasteiger partial charge >= 0.3 is 6.03 Å². The second-order valence-electron chi connectivity index (χ2n) is 7.39. The number of carbonyl (C=O) groups is 1. The van der Waals surface area contributed by atoms with E-state index in [2.05, 4.69) is 35.5 Å². The van der Waals surface area contributed by atoms with Gasteiger partial charge in [0, 0.05) is 37.5 Å². The van der Waals surface area contributed by atoms with Crippen molar-refractivity contribution in [1.29, 1.82) is 0 Å². The molecule has 3 rings (SSSR count). The Balaban J connectivity index is 1.52. The second kappa shape index (κ2) is 6.71. The number of furan rings is 1. The van der Waals surface area contributed by atoms with E-state index in [1.54, 1.807) is 12.5 Å². The van der Waals surface area contributed by atoms with Crippen LogP contribution in [0.1, 0.15) is 49.8 Å². The van der Waals surface area contributed by atoms with Crippen molar-refractivity contribution in [2.24, 2.45) is 5.41 Å². The van der Waals surface area contributed by atoms with Crippen molar-refractivity contribution >= 4 is 6.03 Å². The number of hydrogen-bond acceptors (Lipinski definition) is 3. The fourth-order valence-corrected chi connectivity index (χ4v) is 3.41. The summed E-state index contributed by atoms with van der Waals surface area (Å²) in [5, 5.41) is 6.05. The van der Waals surface area contributed by atoms with E-state index < -0.39 is 0 Å². The van der Waals surface area contributed by atoms with Crippen molar-refractivity contribution in [3.05, 3.63) is 41.9 Å². The number of urea groups is 1. The summed E-state index contributed by atoms with van der Waals surface area (Å²) in [6.45, 7) is 7.87. The summed E-state index contributed by atoms with van der Waals surface area (Å²) in [6.07, 6.45) is 8.17. The van der Waals surface area contributed by atoms with E-state index in [4.69, 9.17) is 4.42 Å². The number of nitrogens with one attached hydrogen (secondary N) is 2. The van der Waals surface area contributed by atoms with Gasteiger partial charge in [-0.15, -0.1) is 0 Å². The molecule has 0 spiro atoms. The quantitative estimate of drug-likeness (QED) is 0.827. The van der Waals surface area contributed by atoms with Gasteiger partial charge in [0.25, 0.3) is 0 Å². The molecule has 2 aromatic rings. The lowest BCUT2D eigenvalue weighted by Gasteiger charge is -2.34. The largest absolute Gasteiger partial charge is 0.466 e. The standard InChI is InChI=1S/C18H26N4O2/c1-13-9-14-15(10-18(2,3)11-16(14)24-13)21-17(23)20-5-4-7-22-8-6-19-12-22/h6,8-9,12,15H,4-5,7,10-11H2,1-3H3,(H2,20,21,23)/t15-/m0/s1. The number of amides is 2. The Morgan fingerprint density at radius 2 is 2.33 bits per heavy atom. The van der Waals surface area contributed by atoms with Gasteiger partial charge in [-0.2, -0.15) is 0 Å². The average molecular weight is 330 g/mol. The van der Waals surface area contributed by atoms with Gasteiger partial charge in [0.2, 0.25) is 0 Å². The van der Waals surface area contributed by atoms with Crippen LogP contribution in [0.3, 0.4) is 0 Å². The van der Waals surface area contributed by atoms with E-state index in [-0.39, 0.29) is 17.5 Å². The molecule has 2 N–H and O–H groups in total. The van der Waals surface area contributed by atoms with Crippen LogP contribution >= 0.6 is 0 Å². The summed E-state index contributed by atoms with van der Waals surface area (Å²) in [5.41, 5.74) is 1.25. The van der Waals surface area contributed by atoms with Crippen LogP contribution in [-0.2, 0) is 13.0 Å². The van der Waals surface area contributed by atoms with Crippen molar-refractivity contribution in [3.8, 4) is 0 Å². The number of aromatic nitrogens is 2. The molecule has 2 heterocycles. The topological polar surface area (TPSA) is 72.1 Å². The molecule has 0 saturated heterocycles. The summed E-state index contributed by atoms with van der Waals surface area (Å²) in [7, 11) is 0. The third kappa shape index (κ3) is 3.99. The predicted molar refractivity (Wildman–Crippen MR) is 91.7 cm³/mol. The minimum Gasteiger partial charge on any atom is -0.466 e. The molecule has 2 aromatic heterocycles. The maximum absolute atomic E-state index is 12.2. The van der Waals surface area contributed by atoms with Gasteiger partial charge in [0.05, 0.1) is 12.4 Å². The first-order valence-corrected chi connectivity index (χ1v) is 8.52. The van der Waals surface area contributed by atoms with Crippen LogP contribution in [0.4, 0.5) is 4.79 Å². The molecule has 1 aliphatic rings. The molecule has 24 heavy (non-hydrogen) atoms. The van der Waals surface area contributed by atoms with Crippen molar-refractivity contribution in [2.75, 3.05) is 6.54 Å². The van der Waals surface area contributed by atoms with Gasteiger partial charge in [-0.25, -0.2) is 9.78 Å². The molecule has 0 radical (unpaired) electrons. The fraction of sp³-hybridized carbons (Fsp3) is 0.556. The lowest BCUT2D eigenvalue weighted by molar-refractivity contribution is 0.214. The number of fused-ring (bicyclic) bond motifs is 1. The van der Waals surface area contributed by atoms with Crippen LogP contribution in [0.25, 0.3) is 0 Å². The summed E-state index contributed by atoms with van der Waals surface area (Å²) in [5.74, 6) is 1.92. The molecule has 6 nitrogen and oxygen atoms in total. The molecule has 1 atom stereocenters. The summed E-state index contributed by atoms with van der Waals surface area (Å²) >= 11 is 0. The number of nitrogens with zero attached hydrogens (tertiary/aromatic N) is 2. The zero-order valence-electron chi connectivity index (χ0n) is 14.6. The summed E-state index contributed by atoms with van der Waals surface area (Å²) in [4.78, 5) is 16.2. The van der Waals surface area contributed by atoms with Crippen molar-refractivity contribution in [1.82, 2.24) is 20.2 Å². The molecule has 0 saturated carbocycles. The number of rotatable bonds is 5. The van der Waals surface area contributed by atoms with Crippen LogP contribution in [-0.4, -0.2) is 22.1 Å². The third-order valence-electron chi connectivity index (χ3n) is 4.48. The van der Waals surface area contributed by atoms with Crippen molar-refractivity contribution < 1.29 is 9.21 Å². The highest BCUT2D eigenvalue weighted by atomic mass is 16.3. The van der Waals surface area contributed by atoms with E-state index >= 15 is 0 Å². The van der Waals surface area contributed by atoms with E-state index in [9.17, 15) is 4.79 Å². The highest BCUT2D eigenvalue weighted by Gasteiger charge is 2.35. The summed E-state index contributed by atoms with van der Waals surface area (Å²) in [6, 6.07) is 1.94. The molecule has 2 amide bonds. The van der Waals surface area contributed by atoms with Gasteiger partial charge in [0.15, 0.2) is 0 Å². The zero-order chi connectivity index (χ0) is 17.2. The van der Waals surface area contributed by atoms with Crippen LogP contribution in [0.2, 0.25) is 0 Å². The minimum atomic E-state index is -0.117. The number of aryl methyl sites for hydroxylation is 2. The Hall–Kier alpha value is -2.24. The van der Waals surface area contributed by atoms with Crippen molar-refractivity contribution in [3.63, 3.8) is 0 Å². The van der Waals surface area contributed by atoms with Gasteiger partial charge < -0.3 is 19.6 Å². The molecule has 0 bridgehead atoms. The Morgan fingerprint density at radius 3 is 3.08 bits per heavy atom. The van der Waals surface area contributed by atoms with E-state index in [1.165, 1.54) is 0 Å². The Kier molecular flexibility index (Phi) is 4.64. The molecular formula is C18H26N4O2. The fourth-order valence-electron chi connectivity index (χ4n) is 3.41.